The van der Waals surface area contributed by atoms with Crippen molar-refractivity contribution in [2.45, 2.75) is 13.0 Å². The number of halogens is 1. The second-order valence-corrected chi connectivity index (χ2v) is 6.89. The number of carbonyl (C=O) groups excluding carboxylic acids is 2. The van der Waals surface area contributed by atoms with Crippen LogP contribution in [-0.4, -0.2) is 18.4 Å². The molecule has 3 aromatic carbocycles. The summed E-state index contributed by atoms with van der Waals surface area (Å²) in [7, 11) is 0. The number of hydrogen-bond donors (Lipinski definition) is 2. The van der Waals surface area contributed by atoms with E-state index in [9.17, 15) is 14.0 Å². The highest BCUT2D eigenvalue weighted by atomic mass is 19.1. The normalized spacial score (nSPS) is 12.4. The molecule has 1 heterocycles. The molecule has 0 fully saturated rings. The van der Waals surface area contributed by atoms with Gasteiger partial charge in [0.2, 0.25) is 0 Å². The first kappa shape index (κ1) is 18.7. The van der Waals surface area contributed by atoms with E-state index in [0.29, 0.717) is 5.56 Å². The summed E-state index contributed by atoms with van der Waals surface area (Å²) in [5, 5.41) is 0. The zero-order chi connectivity index (χ0) is 20.2. The Morgan fingerprint density at radius 1 is 0.862 bits per heavy atom. The minimum atomic E-state index is -0.708. The van der Waals surface area contributed by atoms with Gasteiger partial charge in [0.1, 0.15) is 5.82 Å². The summed E-state index contributed by atoms with van der Waals surface area (Å²) < 4.78 is 13.6. The van der Waals surface area contributed by atoms with Crippen LogP contribution in [0.25, 0.3) is 0 Å². The third-order valence-electron chi connectivity index (χ3n) is 4.98. The molecule has 0 unspecified atom stereocenters. The van der Waals surface area contributed by atoms with Gasteiger partial charge >= 0.3 is 0 Å². The van der Waals surface area contributed by atoms with Gasteiger partial charge in [-0.2, -0.15) is 0 Å². The Kier molecular flexibility index (Phi) is 5.24. The van der Waals surface area contributed by atoms with Crippen molar-refractivity contribution in [2.75, 3.05) is 11.4 Å². The quantitative estimate of drug-likeness (QED) is 0.672. The number of amides is 2. The fourth-order valence-corrected chi connectivity index (χ4v) is 3.45. The molecule has 0 radical (unpaired) electrons. The Bertz CT molecular complexity index is 1050. The van der Waals surface area contributed by atoms with Gasteiger partial charge in [-0.25, -0.2) is 4.39 Å². The van der Waals surface area contributed by atoms with Crippen LogP contribution in [0.5, 0.6) is 0 Å². The maximum absolute atomic E-state index is 13.6. The van der Waals surface area contributed by atoms with E-state index in [4.69, 9.17) is 0 Å². The van der Waals surface area contributed by atoms with E-state index in [1.54, 1.807) is 18.2 Å². The van der Waals surface area contributed by atoms with Crippen LogP contribution in [0.4, 0.5) is 10.1 Å². The highest BCUT2D eigenvalue weighted by molar-refractivity contribution is 5.99. The molecule has 146 valence electrons. The summed E-state index contributed by atoms with van der Waals surface area (Å²) in [5.41, 5.74) is 8.53. The third kappa shape index (κ3) is 4.11. The largest absolute Gasteiger partial charge is 0.367 e. The van der Waals surface area contributed by atoms with E-state index >= 15 is 0 Å². The lowest BCUT2D eigenvalue weighted by Crippen LogP contribution is -2.41. The topological polar surface area (TPSA) is 61.4 Å². The Morgan fingerprint density at radius 3 is 2.34 bits per heavy atom. The average Bonchev–Trinajstić information content (AvgIpc) is 3.15. The third-order valence-corrected chi connectivity index (χ3v) is 4.98. The highest BCUT2D eigenvalue weighted by Gasteiger charge is 2.18. The van der Waals surface area contributed by atoms with Crippen molar-refractivity contribution < 1.29 is 14.0 Å². The Hall–Kier alpha value is -3.67. The van der Waals surface area contributed by atoms with Gasteiger partial charge in [-0.1, -0.05) is 42.5 Å². The molecule has 2 amide bonds. The van der Waals surface area contributed by atoms with E-state index in [2.05, 4.69) is 34.0 Å². The van der Waals surface area contributed by atoms with Crippen molar-refractivity contribution in [2.24, 2.45) is 0 Å². The van der Waals surface area contributed by atoms with E-state index in [0.717, 1.165) is 25.1 Å². The zero-order valence-electron chi connectivity index (χ0n) is 15.7. The molecule has 29 heavy (non-hydrogen) atoms. The molecule has 0 aromatic heterocycles. The molecule has 6 heteroatoms. The zero-order valence-corrected chi connectivity index (χ0v) is 15.7. The number of nitrogens with one attached hydrogen (secondary N) is 2. The van der Waals surface area contributed by atoms with Crippen molar-refractivity contribution in [1.29, 1.82) is 0 Å². The van der Waals surface area contributed by atoms with Gasteiger partial charge in [0.15, 0.2) is 0 Å². The van der Waals surface area contributed by atoms with Crippen molar-refractivity contribution in [3.63, 3.8) is 0 Å². The lowest BCUT2D eigenvalue weighted by molar-refractivity contribution is 0.0844. The first-order valence-corrected chi connectivity index (χ1v) is 9.39. The fourth-order valence-electron chi connectivity index (χ4n) is 3.45. The molecular formula is C23H20FN3O2. The molecule has 0 spiro atoms. The van der Waals surface area contributed by atoms with Gasteiger partial charge in [-0.15, -0.1) is 0 Å². The highest BCUT2D eigenvalue weighted by Crippen LogP contribution is 2.28. The van der Waals surface area contributed by atoms with Crippen molar-refractivity contribution in [3.05, 3.63) is 101 Å². The second-order valence-electron chi connectivity index (χ2n) is 6.89. The first-order chi connectivity index (χ1) is 14.1. The molecule has 3 aromatic rings. The molecule has 5 nitrogen and oxygen atoms in total. The minimum absolute atomic E-state index is 0.131. The van der Waals surface area contributed by atoms with Gasteiger partial charge < -0.3 is 4.90 Å². The molecule has 0 bridgehead atoms. The van der Waals surface area contributed by atoms with Crippen LogP contribution in [-0.2, 0) is 13.0 Å². The number of hydrazine groups is 1. The van der Waals surface area contributed by atoms with Gasteiger partial charge in [-0.3, -0.25) is 20.4 Å². The lowest BCUT2D eigenvalue weighted by Gasteiger charge is -2.19. The summed E-state index contributed by atoms with van der Waals surface area (Å²) in [5.74, 6) is -1.82. The minimum Gasteiger partial charge on any atom is -0.367 e. The molecule has 1 aliphatic heterocycles. The lowest BCUT2D eigenvalue weighted by atomic mass is 10.1. The number of nitrogens with zero attached hydrogens (tertiary/aromatic N) is 1. The van der Waals surface area contributed by atoms with E-state index in [1.165, 1.54) is 29.4 Å². The Morgan fingerprint density at radius 2 is 1.55 bits per heavy atom. The first-order valence-electron chi connectivity index (χ1n) is 9.39. The molecule has 4 rings (SSSR count). The SMILES string of the molecule is O=C(NNC(=O)c1ccccc1F)c1ccc(CN2CCc3ccccc32)cc1. The molecule has 0 aliphatic carbocycles. The number of fused-ring (bicyclic) bond motifs is 1. The second kappa shape index (κ2) is 8.14. The summed E-state index contributed by atoms with van der Waals surface area (Å²) in [6.07, 6.45) is 1.04. The van der Waals surface area contributed by atoms with Crippen molar-refractivity contribution in [1.82, 2.24) is 10.9 Å². The fraction of sp³-hybridized carbons (Fsp3) is 0.130. The average molecular weight is 389 g/mol. The van der Waals surface area contributed by atoms with E-state index < -0.39 is 17.6 Å². The molecule has 0 atom stereocenters. The molecule has 2 N–H and O–H groups in total. The number of hydrogen-bond acceptors (Lipinski definition) is 3. The summed E-state index contributed by atoms with van der Waals surface area (Å²) in [6.45, 7) is 1.74. The number of para-hydroxylation sites is 1. The number of rotatable bonds is 4. The predicted octanol–water partition coefficient (Wildman–Crippen LogP) is 3.46. The standard InChI is InChI=1S/C23H20FN3O2/c24-20-7-3-2-6-19(20)23(29)26-25-22(28)18-11-9-16(10-12-18)15-27-14-13-17-5-1-4-8-21(17)27/h1-12H,13-15H2,(H,25,28)(H,26,29). The van der Waals surface area contributed by atoms with Gasteiger partial charge in [-0.05, 0) is 47.9 Å². The Balaban J connectivity index is 1.35. The van der Waals surface area contributed by atoms with E-state index in [1.807, 2.05) is 18.2 Å². The van der Waals surface area contributed by atoms with Gasteiger partial charge in [0.25, 0.3) is 11.8 Å². The number of anilines is 1. The number of carbonyl (C=O) groups is 2. The molecule has 0 saturated carbocycles. The van der Waals surface area contributed by atoms with Crippen LogP contribution in [0.1, 0.15) is 31.8 Å². The van der Waals surface area contributed by atoms with Gasteiger partial charge in [0, 0.05) is 24.3 Å². The molecule has 1 aliphatic rings. The maximum atomic E-state index is 13.6. The Labute approximate surface area is 168 Å². The maximum Gasteiger partial charge on any atom is 0.272 e. The van der Waals surface area contributed by atoms with Crippen LogP contribution >= 0.6 is 0 Å². The summed E-state index contributed by atoms with van der Waals surface area (Å²) in [6, 6.07) is 21.2. The van der Waals surface area contributed by atoms with Crippen molar-refractivity contribution in [3.8, 4) is 0 Å². The molecule has 0 saturated heterocycles. The van der Waals surface area contributed by atoms with Crippen molar-refractivity contribution >= 4 is 17.5 Å². The molecular weight excluding hydrogens is 369 g/mol. The van der Waals surface area contributed by atoms with Crippen LogP contribution in [0.2, 0.25) is 0 Å². The number of benzene rings is 3. The van der Waals surface area contributed by atoms with Crippen LogP contribution in [0, 0.1) is 5.82 Å². The smallest absolute Gasteiger partial charge is 0.272 e. The van der Waals surface area contributed by atoms with Crippen LogP contribution in [0.3, 0.4) is 0 Å². The summed E-state index contributed by atoms with van der Waals surface area (Å²) in [4.78, 5) is 26.6. The monoisotopic (exact) mass is 389 g/mol. The predicted molar refractivity (Wildman–Crippen MR) is 109 cm³/mol. The van der Waals surface area contributed by atoms with Gasteiger partial charge in [0.05, 0.1) is 5.56 Å². The summed E-state index contributed by atoms with van der Waals surface area (Å²) >= 11 is 0. The van der Waals surface area contributed by atoms with Crippen LogP contribution in [0.15, 0.2) is 72.8 Å². The van der Waals surface area contributed by atoms with E-state index in [-0.39, 0.29) is 5.56 Å². The van der Waals surface area contributed by atoms with Crippen LogP contribution < -0.4 is 15.8 Å².